The molecular weight excluding hydrogens is 316 g/mol. The molecule has 1 saturated heterocycles. The average molecular weight is 340 g/mol. The number of nitrogens with one attached hydrogen (secondary N) is 1. The zero-order valence-corrected chi connectivity index (χ0v) is 14.4. The predicted molar refractivity (Wildman–Crippen MR) is 87.9 cm³/mol. The first kappa shape index (κ1) is 17.9. The molecule has 1 aromatic rings. The predicted octanol–water partition coefficient (Wildman–Crippen LogP) is 1.63. The van der Waals surface area contributed by atoms with Gasteiger partial charge < -0.3 is 10.1 Å². The smallest absolute Gasteiger partial charge is 0.337 e. The van der Waals surface area contributed by atoms with E-state index in [0.29, 0.717) is 6.54 Å². The largest absolute Gasteiger partial charge is 0.465 e. The van der Waals surface area contributed by atoms with E-state index in [2.05, 4.69) is 10.1 Å². The van der Waals surface area contributed by atoms with Gasteiger partial charge in [0, 0.05) is 12.6 Å². The van der Waals surface area contributed by atoms with Crippen molar-refractivity contribution in [3.63, 3.8) is 0 Å². The minimum Gasteiger partial charge on any atom is -0.465 e. The van der Waals surface area contributed by atoms with Gasteiger partial charge in [0.1, 0.15) is 0 Å². The summed E-state index contributed by atoms with van der Waals surface area (Å²) < 4.78 is 32.3. The Morgan fingerprint density at radius 2 is 2.04 bits per heavy atom. The molecule has 0 spiro atoms. The number of hydrogen-bond donors (Lipinski definition) is 1. The molecule has 6 nitrogen and oxygen atoms in total. The SMILES string of the molecule is CCCN(C1CCNCC1)S(=O)(=O)c1cccc(C(=O)OC)c1. The Bertz CT molecular complexity index is 639. The van der Waals surface area contributed by atoms with Gasteiger partial charge in [-0.15, -0.1) is 0 Å². The van der Waals surface area contributed by atoms with Gasteiger partial charge in [-0.3, -0.25) is 0 Å². The van der Waals surface area contributed by atoms with Crippen molar-refractivity contribution in [2.24, 2.45) is 0 Å². The van der Waals surface area contributed by atoms with Crippen molar-refractivity contribution in [1.82, 2.24) is 9.62 Å². The lowest BCUT2D eigenvalue weighted by Gasteiger charge is -2.33. The lowest BCUT2D eigenvalue weighted by molar-refractivity contribution is 0.0600. The van der Waals surface area contributed by atoms with Gasteiger partial charge >= 0.3 is 5.97 Å². The molecular formula is C16H24N2O4S. The molecule has 0 aliphatic carbocycles. The molecule has 0 unspecified atom stereocenters. The zero-order valence-electron chi connectivity index (χ0n) is 13.6. The van der Waals surface area contributed by atoms with E-state index in [0.717, 1.165) is 32.4 Å². The Labute approximate surface area is 137 Å². The lowest BCUT2D eigenvalue weighted by Crippen LogP contribution is -2.46. The molecule has 1 aromatic carbocycles. The Morgan fingerprint density at radius 1 is 1.35 bits per heavy atom. The van der Waals surface area contributed by atoms with Gasteiger partial charge in [-0.25, -0.2) is 13.2 Å². The molecule has 1 N–H and O–H groups in total. The van der Waals surface area contributed by atoms with Crippen LogP contribution in [-0.4, -0.2) is 51.5 Å². The maximum absolute atomic E-state index is 13.0. The summed E-state index contributed by atoms with van der Waals surface area (Å²) in [6.45, 7) is 4.09. The number of benzene rings is 1. The van der Waals surface area contributed by atoms with Gasteiger partial charge in [0.2, 0.25) is 10.0 Å². The van der Waals surface area contributed by atoms with E-state index in [9.17, 15) is 13.2 Å². The Morgan fingerprint density at radius 3 is 2.65 bits per heavy atom. The molecule has 0 saturated carbocycles. The van der Waals surface area contributed by atoms with Crippen molar-refractivity contribution >= 4 is 16.0 Å². The van der Waals surface area contributed by atoms with Crippen LogP contribution in [0.1, 0.15) is 36.5 Å². The summed E-state index contributed by atoms with van der Waals surface area (Å²) in [6, 6.07) is 6.06. The van der Waals surface area contributed by atoms with Crippen molar-refractivity contribution in [2.45, 2.75) is 37.1 Å². The van der Waals surface area contributed by atoms with Crippen LogP contribution in [0.25, 0.3) is 0 Å². The number of hydrogen-bond acceptors (Lipinski definition) is 5. The molecule has 23 heavy (non-hydrogen) atoms. The van der Waals surface area contributed by atoms with E-state index < -0.39 is 16.0 Å². The summed E-state index contributed by atoms with van der Waals surface area (Å²) in [4.78, 5) is 11.8. The number of methoxy groups -OCH3 is 1. The quantitative estimate of drug-likeness (QED) is 0.797. The third kappa shape index (κ3) is 4.10. The van der Waals surface area contributed by atoms with Gasteiger partial charge in [0.15, 0.2) is 0 Å². The molecule has 1 heterocycles. The minimum absolute atomic E-state index is 0.00276. The fourth-order valence-electron chi connectivity index (χ4n) is 2.85. The highest BCUT2D eigenvalue weighted by Gasteiger charge is 2.32. The maximum Gasteiger partial charge on any atom is 0.337 e. The molecule has 2 rings (SSSR count). The highest BCUT2D eigenvalue weighted by molar-refractivity contribution is 7.89. The maximum atomic E-state index is 13.0. The molecule has 0 atom stereocenters. The summed E-state index contributed by atoms with van der Waals surface area (Å²) in [7, 11) is -2.35. The second-order valence-electron chi connectivity index (χ2n) is 5.62. The van der Waals surface area contributed by atoms with Gasteiger partial charge in [0.25, 0.3) is 0 Å². The third-order valence-corrected chi connectivity index (χ3v) is 5.97. The normalized spacial score (nSPS) is 16.5. The third-order valence-electron chi connectivity index (χ3n) is 4.02. The number of rotatable bonds is 6. The van der Waals surface area contributed by atoms with Crippen LogP contribution in [0.2, 0.25) is 0 Å². The van der Waals surface area contributed by atoms with Crippen LogP contribution in [0.5, 0.6) is 0 Å². The first-order valence-electron chi connectivity index (χ1n) is 7.91. The van der Waals surface area contributed by atoms with Gasteiger partial charge in [0.05, 0.1) is 17.6 Å². The summed E-state index contributed by atoms with van der Waals surface area (Å²) in [5.41, 5.74) is 0.246. The number of sulfonamides is 1. The molecule has 1 aliphatic rings. The number of esters is 1. The first-order chi connectivity index (χ1) is 11.0. The Kier molecular flexibility index (Phi) is 6.15. The number of nitrogens with zero attached hydrogens (tertiary/aromatic N) is 1. The van der Waals surface area contributed by atoms with Gasteiger partial charge in [-0.05, 0) is 50.6 Å². The number of carbonyl (C=O) groups is 1. The van der Waals surface area contributed by atoms with Crippen molar-refractivity contribution in [1.29, 1.82) is 0 Å². The van der Waals surface area contributed by atoms with E-state index in [1.807, 2.05) is 6.92 Å². The van der Waals surface area contributed by atoms with Crippen LogP contribution in [0, 0.1) is 0 Å². The molecule has 0 radical (unpaired) electrons. The fraction of sp³-hybridized carbons (Fsp3) is 0.562. The van der Waals surface area contributed by atoms with E-state index in [-0.39, 0.29) is 16.5 Å². The van der Waals surface area contributed by atoms with Crippen LogP contribution >= 0.6 is 0 Å². The van der Waals surface area contributed by atoms with Crippen LogP contribution in [-0.2, 0) is 14.8 Å². The molecule has 7 heteroatoms. The molecule has 1 aliphatic heterocycles. The van der Waals surface area contributed by atoms with Crippen molar-refractivity contribution in [3.8, 4) is 0 Å². The second-order valence-corrected chi connectivity index (χ2v) is 7.51. The van der Waals surface area contributed by atoms with Gasteiger partial charge in [-0.1, -0.05) is 13.0 Å². The highest BCUT2D eigenvalue weighted by atomic mass is 32.2. The van der Waals surface area contributed by atoms with Crippen molar-refractivity contribution in [3.05, 3.63) is 29.8 Å². The summed E-state index contributed by atoms with van der Waals surface area (Å²) >= 11 is 0. The topological polar surface area (TPSA) is 75.7 Å². The summed E-state index contributed by atoms with van der Waals surface area (Å²) in [5.74, 6) is -0.536. The van der Waals surface area contributed by atoms with E-state index in [1.54, 1.807) is 16.4 Å². The standard InChI is InChI=1S/C16H24N2O4S/c1-3-11-18(14-7-9-17-10-8-14)23(20,21)15-6-4-5-13(12-15)16(19)22-2/h4-6,12,14,17H,3,7-11H2,1-2H3. The number of carbonyl (C=O) groups excluding carboxylic acids is 1. The van der Waals surface area contributed by atoms with Gasteiger partial charge in [-0.2, -0.15) is 4.31 Å². The van der Waals surface area contributed by atoms with Crippen LogP contribution in [0.4, 0.5) is 0 Å². The number of ether oxygens (including phenoxy) is 1. The van der Waals surface area contributed by atoms with Crippen molar-refractivity contribution in [2.75, 3.05) is 26.7 Å². The average Bonchev–Trinajstić information content (AvgIpc) is 2.59. The van der Waals surface area contributed by atoms with E-state index in [1.165, 1.54) is 19.2 Å². The van der Waals surface area contributed by atoms with Crippen LogP contribution < -0.4 is 5.32 Å². The molecule has 1 fully saturated rings. The van der Waals surface area contributed by atoms with E-state index in [4.69, 9.17) is 0 Å². The molecule has 0 bridgehead atoms. The first-order valence-corrected chi connectivity index (χ1v) is 9.35. The summed E-state index contributed by atoms with van der Waals surface area (Å²) in [6.07, 6.45) is 2.35. The Hall–Kier alpha value is -1.44. The molecule has 0 amide bonds. The lowest BCUT2D eigenvalue weighted by atomic mass is 10.1. The van der Waals surface area contributed by atoms with Crippen LogP contribution in [0.15, 0.2) is 29.2 Å². The second kappa shape index (κ2) is 7.90. The van der Waals surface area contributed by atoms with E-state index >= 15 is 0 Å². The zero-order chi connectivity index (χ0) is 16.9. The molecule has 128 valence electrons. The highest BCUT2D eigenvalue weighted by Crippen LogP contribution is 2.23. The Balaban J connectivity index is 2.35. The minimum atomic E-state index is -3.63. The monoisotopic (exact) mass is 340 g/mol. The molecule has 0 aromatic heterocycles. The fourth-order valence-corrected chi connectivity index (χ4v) is 4.67. The van der Waals surface area contributed by atoms with Crippen LogP contribution in [0.3, 0.4) is 0 Å². The summed E-state index contributed by atoms with van der Waals surface area (Å²) in [5, 5.41) is 3.25. The van der Waals surface area contributed by atoms with Crippen molar-refractivity contribution < 1.29 is 17.9 Å². The number of piperidine rings is 1.